The van der Waals surface area contributed by atoms with Crippen LogP contribution in [-0.4, -0.2) is 51.9 Å². The van der Waals surface area contributed by atoms with Crippen molar-refractivity contribution in [3.8, 4) is 0 Å². The van der Waals surface area contributed by atoms with Crippen LogP contribution in [0, 0.1) is 19.8 Å². The Balaban J connectivity index is 1.61. The van der Waals surface area contributed by atoms with Gasteiger partial charge in [-0.25, -0.2) is 4.98 Å². The van der Waals surface area contributed by atoms with Crippen molar-refractivity contribution in [2.45, 2.75) is 64.3 Å². The number of thioether (sulfide) groups is 1. The number of nitrogens with zero attached hydrogens (tertiary/aromatic N) is 3. The number of likely N-dealkylation sites (tertiary alicyclic amines) is 1. The average molecular weight is 352 g/mol. The average Bonchev–Trinajstić information content (AvgIpc) is 3.17. The van der Waals surface area contributed by atoms with Gasteiger partial charge in [-0.2, -0.15) is 0 Å². The van der Waals surface area contributed by atoms with Crippen LogP contribution < -0.4 is 0 Å². The molecule has 0 spiro atoms. The molecule has 0 N–H and O–H groups in total. The van der Waals surface area contributed by atoms with Gasteiger partial charge in [0.15, 0.2) is 5.16 Å². The minimum absolute atomic E-state index is 0.244. The molecule has 3 heterocycles. The summed E-state index contributed by atoms with van der Waals surface area (Å²) in [7, 11) is 0. The largest absolute Gasteiger partial charge is 0.376 e. The minimum Gasteiger partial charge on any atom is -0.376 e. The van der Waals surface area contributed by atoms with Crippen LogP contribution in [0.1, 0.15) is 44.0 Å². The van der Waals surface area contributed by atoms with Crippen molar-refractivity contribution in [2.75, 3.05) is 25.4 Å². The number of carbonyl (C=O) groups is 1. The molecule has 134 valence electrons. The van der Waals surface area contributed by atoms with Crippen molar-refractivity contribution < 1.29 is 9.53 Å². The van der Waals surface area contributed by atoms with E-state index in [1.54, 1.807) is 11.8 Å². The highest BCUT2D eigenvalue weighted by molar-refractivity contribution is 7.99. The Kier molecular flexibility index (Phi) is 5.87. The van der Waals surface area contributed by atoms with Crippen molar-refractivity contribution in [3.05, 3.63) is 11.4 Å². The van der Waals surface area contributed by atoms with Gasteiger partial charge in [-0.1, -0.05) is 18.7 Å². The molecule has 2 fully saturated rings. The molecule has 2 aliphatic heterocycles. The van der Waals surface area contributed by atoms with Gasteiger partial charge in [0.05, 0.1) is 24.1 Å². The van der Waals surface area contributed by atoms with E-state index in [0.29, 0.717) is 11.7 Å². The van der Waals surface area contributed by atoms with Gasteiger partial charge < -0.3 is 14.2 Å². The SMILES string of the molecule is Cc1nc(SCC(=O)N2CCCC(C)C2)n(CC2CCCO2)c1C. The Morgan fingerprint density at radius 3 is 2.88 bits per heavy atom. The van der Waals surface area contributed by atoms with Crippen molar-refractivity contribution in [1.82, 2.24) is 14.5 Å². The van der Waals surface area contributed by atoms with Gasteiger partial charge in [0, 0.05) is 25.4 Å². The molecule has 24 heavy (non-hydrogen) atoms. The Morgan fingerprint density at radius 1 is 1.33 bits per heavy atom. The van der Waals surface area contributed by atoms with E-state index in [1.165, 1.54) is 12.1 Å². The Hall–Kier alpha value is -1.01. The molecule has 0 bridgehead atoms. The second-order valence-corrected chi connectivity index (χ2v) is 8.13. The molecule has 6 heteroatoms. The first-order valence-electron chi connectivity index (χ1n) is 9.10. The van der Waals surface area contributed by atoms with E-state index in [2.05, 4.69) is 23.4 Å². The number of amides is 1. The standard InChI is InChI=1S/C18H29N3O2S/c1-13-6-4-8-20(10-13)17(22)12-24-18-19-14(2)15(3)21(18)11-16-7-5-9-23-16/h13,16H,4-12H2,1-3H3. The summed E-state index contributed by atoms with van der Waals surface area (Å²) in [5.74, 6) is 1.35. The van der Waals surface area contributed by atoms with Crippen LogP contribution in [0.2, 0.25) is 0 Å². The van der Waals surface area contributed by atoms with E-state index in [1.807, 2.05) is 11.8 Å². The highest BCUT2D eigenvalue weighted by atomic mass is 32.2. The van der Waals surface area contributed by atoms with Crippen molar-refractivity contribution in [2.24, 2.45) is 5.92 Å². The van der Waals surface area contributed by atoms with Crippen LogP contribution in [-0.2, 0) is 16.1 Å². The van der Waals surface area contributed by atoms with E-state index >= 15 is 0 Å². The lowest BCUT2D eigenvalue weighted by atomic mass is 10.0. The van der Waals surface area contributed by atoms with Crippen LogP contribution in [0.5, 0.6) is 0 Å². The van der Waals surface area contributed by atoms with Gasteiger partial charge in [-0.05, 0) is 45.4 Å². The Morgan fingerprint density at radius 2 is 2.17 bits per heavy atom. The van der Waals surface area contributed by atoms with Crippen LogP contribution in [0.25, 0.3) is 0 Å². The molecule has 0 radical (unpaired) electrons. The van der Waals surface area contributed by atoms with Crippen LogP contribution >= 0.6 is 11.8 Å². The predicted octanol–water partition coefficient (Wildman–Crippen LogP) is 3.03. The number of aromatic nitrogens is 2. The third kappa shape index (κ3) is 4.14. The lowest BCUT2D eigenvalue weighted by Crippen LogP contribution is -2.40. The van der Waals surface area contributed by atoms with E-state index in [4.69, 9.17) is 4.74 Å². The highest BCUT2D eigenvalue weighted by Crippen LogP contribution is 2.25. The summed E-state index contributed by atoms with van der Waals surface area (Å²) >= 11 is 1.57. The van der Waals surface area contributed by atoms with Crippen molar-refractivity contribution in [3.63, 3.8) is 0 Å². The normalized spacial score (nSPS) is 24.5. The van der Waals surface area contributed by atoms with Gasteiger partial charge in [0.2, 0.25) is 5.91 Å². The lowest BCUT2D eigenvalue weighted by Gasteiger charge is -2.30. The maximum Gasteiger partial charge on any atom is 0.233 e. The molecule has 3 rings (SSSR count). The fourth-order valence-electron chi connectivity index (χ4n) is 3.57. The summed E-state index contributed by atoms with van der Waals surface area (Å²) in [4.78, 5) is 19.2. The van der Waals surface area contributed by atoms with Crippen LogP contribution in [0.3, 0.4) is 0 Å². The lowest BCUT2D eigenvalue weighted by molar-refractivity contribution is -0.130. The van der Waals surface area contributed by atoms with Crippen molar-refractivity contribution >= 4 is 17.7 Å². The minimum atomic E-state index is 0.244. The maximum atomic E-state index is 12.5. The second kappa shape index (κ2) is 7.91. The van der Waals surface area contributed by atoms with Crippen LogP contribution in [0.4, 0.5) is 0 Å². The summed E-state index contributed by atoms with van der Waals surface area (Å²) in [6.07, 6.45) is 4.91. The number of aryl methyl sites for hydroxylation is 1. The van der Waals surface area contributed by atoms with Gasteiger partial charge in [0.25, 0.3) is 0 Å². The third-order valence-electron chi connectivity index (χ3n) is 5.17. The van der Waals surface area contributed by atoms with Gasteiger partial charge in [-0.3, -0.25) is 4.79 Å². The molecule has 1 amide bonds. The second-order valence-electron chi connectivity index (χ2n) is 7.19. The first-order valence-corrected chi connectivity index (χ1v) is 10.1. The fourth-order valence-corrected chi connectivity index (χ4v) is 4.58. The molecular weight excluding hydrogens is 322 g/mol. The van der Waals surface area contributed by atoms with E-state index < -0.39 is 0 Å². The number of piperidine rings is 1. The molecule has 1 aromatic rings. The number of hydrogen-bond donors (Lipinski definition) is 0. The topological polar surface area (TPSA) is 47.4 Å². The molecule has 2 saturated heterocycles. The summed E-state index contributed by atoms with van der Waals surface area (Å²) in [5.41, 5.74) is 2.24. The number of hydrogen-bond acceptors (Lipinski definition) is 4. The zero-order valence-electron chi connectivity index (χ0n) is 15.1. The molecule has 0 aromatic carbocycles. The first kappa shape index (κ1) is 17.8. The molecule has 2 aliphatic rings. The van der Waals surface area contributed by atoms with E-state index in [9.17, 15) is 4.79 Å². The van der Waals surface area contributed by atoms with Crippen LogP contribution in [0.15, 0.2) is 5.16 Å². The summed E-state index contributed by atoms with van der Waals surface area (Å²) in [6, 6.07) is 0. The maximum absolute atomic E-state index is 12.5. The molecule has 2 atom stereocenters. The zero-order valence-corrected chi connectivity index (χ0v) is 15.9. The summed E-state index contributed by atoms with van der Waals surface area (Å²) < 4.78 is 8.01. The Bertz CT molecular complexity index is 581. The molecule has 5 nitrogen and oxygen atoms in total. The number of carbonyl (C=O) groups excluding carboxylic acids is 1. The van der Waals surface area contributed by atoms with Gasteiger partial charge in [-0.15, -0.1) is 0 Å². The smallest absolute Gasteiger partial charge is 0.233 e. The monoisotopic (exact) mass is 351 g/mol. The van der Waals surface area contributed by atoms with Gasteiger partial charge >= 0.3 is 0 Å². The molecule has 1 aromatic heterocycles. The quantitative estimate of drug-likeness (QED) is 0.765. The highest BCUT2D eigenvalue weighted by Gasteiger charge is 2.23. The van der Waals surface area contributed by atoms with E-state index in [0.717, 1.165) is 56.4 Å². The number of ether oxygens (including phenoxy) is 1. The predicted molar refractivity (Wildman–Crippen MR) is 96.4 cm³/mol. The molecule has 2 unspecified atom stereocenters. The third-order valence-corrected chi connectivity index (χ3v) is 6.13. The first-order chi connectivity index (χ1) is 11.5. The fraction of sp³-hybridized carbons (Fsp3) is 0.778. The summed E-state index contributed by atoms with van der Waals surface area (Å²) in [5, 5.41) is 0.957. The number of rotatable bonds is 5. The van der Waals surface area contributed by atoms with E-state index in [-0.39, 0.29) is 12.0 Å². The van der Waals surface area contributed by atoms with Gasteiger partial charge in [0.1, 0.15) is 0 Å². The molecule has 0 aliphatic carbocycles. The number of imidazole rings is 1. The molecular formula is C18H29N3O2S. The Labute approximate surface area is 149 Å². The van der Waals surface area contributed by atoms with Crippen molar-refractivity contribution in [1.29, 1.82) is 0 Å². The zero-order chi connectivity index (χ0) is 17.1. The summed E-state index contributed by atoms with van der Waals surface area (Å²) in [6.45, 7) is 9.91. The molecule has 0 saturated carbocycles.